The van der Waals surface area contributed by atoms with E-state index in [4.69, 9.17) is 16.3 Å². The third-order valence-corrected chi connectivity index (χ3v) is 4.70. The van der Waals surface area contributed by atoms with E-state index in [1.807, 2.05) is 0 Å². The van der Waals surface area contributed by atoms with Gasteiger partial charge in [0.1, 0.15) is 18.5 Å². The van der Waals surface area contributed by atoms with Crippen molar-refractivity contribution in [3.8, 4) is 5.75 Å². The van der Waals surface area contributed by atoms with Gasteiger partial charge in [0, 0.05) is 28.2 Å². The first-order valence-corrected chi connectivity index (χ1v) is 8.99. The van der Waals surface area contributed by atoms with E-state index in [2.05, 4.69) is 4.98 Å². The smallest absolute Gasteiger partial charge is 0.332 e. The van der Waals surface area contributed by atoms with Crippen LogP contribution in [0.3, 0.4) is 0 Å². The molecule has 0 radical (unpaired) electrons. The Bertz CT molecular complexity index is 1130. The summed E-state index contributed by atoms with van der Waals surface area (Å²) in [5.41, 5.74) is -0.436. The van der Waals surface area contributed by atoms with E-state index < -0.39 is 17.4 Å². The summed E-state index contributed by atoms with van der Waals surface area (Å²) < 4.78 is 9.52. The van der Waals surface area contributed by atoms with Gasteiger partial charge >= 0.3 is 5.69 Å². The van der Waals surface area contributed by atoms with Crippen molar-refractivity contribution < 1.29 is 9.84 Å². The van der Waals surface area contributed by atoms with Gasteiger partial charge in [0.2, 0.25) is 5.95 Å². The van der Waals surface area contributed by atoms with Crippen molar-refractivity contribution in [3.63, 3.8) is 0 Å². The predicted molar refractivity (Wildman–Crippen MR) is 107 cm³/mol. The van der Waals surface area contributed by atoms with Crippen LogP contribution in [0.1, 0.15) is 0 Å². The Balaban J connectivity index is 1.97. The molecule has 2 heterocycles. The number of nitrogens with zero attached hydrogens (tertiary/aromatic N) is 5. The highest BCUT2D eigenvalue weighted by Crippen LogP contribution is 2.23. The molecule has 3 rings (SSSR count). The minimum absolute atomic E-state index is 0.0254. The zero-order chi connectivity index (χ0) is 20.6. The second-order valence-corrected chi connectivity index (χ2v) is 7.10. The molecule has 1 aromatic carbocycles. The quantitative estimate of drug-likeness (QED) is 0.642. The molecule has 2 aromatic heterocycles. The number of hydrogen-bond donors (Lipinski definition) is 1. The van der Waals surface area contributed by atoms with Crippen molar-refractivity contribution in [2.45, 2.75) is 12.6 Å². The minimum atomic E-state index is -0.936. The van der Waals surface area contributed by atoms with Crippen molar-refractivity contribution in [2.24, 2.45) is 14.1 Å². The molecule has 9 nitrogen and oxygen atoms in total. The number of para-hydroxylation sites is 1. The van der Waals surface area contributed by atoms with Crippen LogP contribution in [0, 0.1) is 0 Å². The van der Waals surface area contributed by atoms with E-state index in [1.54, 1.807) is 54.9 Å². The van der Waals surface area contributed by atoms with Crippen molar-refractivity contribution in [3.05, 3.63) is 50.1 Å². The van der Waals surface area contributed by atoms with Gasteiger partial charge in [-0.15, -0.1) is 0 Å². The average Bonchev–Trinajstić information content (AvgIpc) is 3.03. The van der Waals surface area contributed by atoms with Gasteiger partial charge in [0.25, 0.3) is 5.56 Å². The van der Waals surface area contributed by atoms with E-state index >= 15 is 0 Å². The fourth-order valence-corrected chi connectivity index (χ4v) is 3.15. The van der Waals surface area contributed by atoms with Crippen LogP contribution in [0.25, 0.3) is 11.2 Å². The Morgan fingerprint density at radius 1 is 1.21 bits per heavy atom. The van der Waals surface area contributed by atoms with E-state index in [-0.39, 0.29) is 24.3 Å². The molecule has 0 aliphatic heterocycles. The molecule has 1 N–H and O–H groups in total. The lowest BCUT2D eigenvalue weighted by atomic mass is 10.3. The normalized spacial score (nSPS) is 12.4. The Kier molecular flexibility index (Phi) is 5.48. The molecule has 0 bridgehead atoms. The molecular weight excluding hydrogens is 386 g/mol. The number of anilines is 1. The van der Waals surface area contributed by atoms with Crippen LogP contribution >= 0.6 is 11.6 Å². The minimum Gasteiger partial charge on any atom is -0.489 e. The number of hydrogen-bond acceptors (Lipinski definition) is 6. The summed E-state index contributed by atoms with van der Waals surface area (Å²) in [5.74, 6) is 0.912. The van der Waals surface area contributed by atoms with Crippen molar-refractivity contribution in [1.82, 2.24) is 18.7 Å². The summed E-state index contributed by atoms with van der Waals surface area (Å²) in [5, 5.41) is 11.0. The van der Waals surface area contributed by atoms with Gasteiger partial charge in [-0.25, -0.2) is 4.79 Å². The number of aryl methyl sites for hydroxylation is 1. The molecular formula is C18H22ClN5O4. The summed E-state index contributed by atoms with van der Waals surface area (Å²) in [6.45, 7) is 0.0320. The number of ether oxygens (including phenoxy) is 1. The molecule has 10 heteroatoms. The molecule has 1 atom stereocenters. The Morgan fingerprint density at radius 3 is 2.54 bits per heavy atom. The van der Waals surface area contributed by atoms with Crippen LogP contribution in [-0.2, 0) is 20.6 Å². The van der Waals surface area contributed by atoms with Crippen LogP contribution in [0.15, 0.2) is 33.9 Å². The van der Waals surface area contributed by atoms with Gasteiger partial charge in [0.15, 0.2) is 11.2 Å². The maximum Gasteiger partial charge on any atom is 0.332 e. The maximum absolute atomic E-state index is 12.7. The van der Waals surface area contributed by atoms with E-state index in [0.717, 1.165) is 4.57 Å². The third-order valence-electron chi connectivity index (χ3n) is 4.39. The first kappa shape index (κ1) is 20.0. The monoisotopic (exact) mass is 407 g/mol. The topological polar surface area (TPSA) is 94.5 Å². The van der Waals surface area contributed by atoms with E-state index in [1.165, 1.54) is 11.6 Å². The molecule has 28 heavy (non-hydrogen) atoms. The molecule has 0 saturated heterocycles. The van der Waals surface area contributed by atoms with Gasteiger partial charge in [-0.3, -0.25) is 13.9 Å². The standard InChI is InChI=1S/C18H22ClN5O4/c1-21(2)17-20-15-14(16(26)23(4)18(27)22(15)3)24(17)9-11(25)10-28-13-8-6-5-7-12(13)19/h5-8,11,25H,9-10H2,1-4H3/t11-/m1/s1. The predicted octanol–water partition coefficient (Wildman–Crippen LogP) is 0.593. The molecule has 0 amide bonds. The van der Waals surface area contributed by atoms with Gasteiger partial charge in [-0.2, -0.15) is 4.98 Å². The number of imidazole rings is 1. The Hall–Kier alpha value is -2.78. The van der Waals surface area contributed by atoms with Crippen molar-refractivity contribution in [1.29, 1.82) is 0 Å². The van der Waals surface area contributed by atoms with Gasteiger partial charge in [0.05, 0.1) is 11.6 Å². The molecule has 150 valence electrons. The average molecular weight is 408 g/mol. The van der Waals surface area contributed by atoms with Crippen LogP contribution in [-0.4, -0.2) is 50.6 Å². The summed E-state index contributed by atoms with van der Waals surface area (Å²) in [7, 11) is 6.51. The van der Waals surface area contributed by atoms with Crippen molar-refractivity contribution >= 4 is 28.7 Å². The SMILES string of the molecule is CN(C)c1nc2c(c(=O)n(C)c(=O)n2C)n1C[C@@H](O)COc1ccccc1Cl. The summed E-state index contributed by atoms with van der Waals surface area (Å²) in [4.78, 5) is 31.0. The Labute approximate surface area is 166 Å². The van der Waals surface area contributed by atoms with Crippen LogP contribution in [0.2, 0.25) is 5.02 Å². The number of rotatable bonds is 6. The van der Waals surface area contributed by atoms with Crippen LogP contribution < -0.4 is 20.9 Å². The zero-order valence-corrected chi connectivity index (χ0v) is 16.8. The highest BCUT2D eigenvalue weighted by molar-refractivity contribution is 6.32. The molecule has 0 saturated carbocycles. The lowest BCUT2D eigenvalue weighted by Gasteiger charge is -2.18. The maximum atomic E-state index is 12.7. The van der Waals surface area contributed by atoms with Crippen LogP contribution in [0.5, 0.6) is 5.75 Å². The molecule has 0 unspecified atom stereocenters. The number of aliphatic hydroxyl groups is 1. The number of benzene rings is 1. The first-order valence-electron chi connectivity index (χ1n) is 8.61. The largest absolute Gasteiger partial charge is 0.489 e. The fourth-order valence-electron chi connectivity index (χ4n) is 2.96. The van der Waals surface area contributed by atoms with Gasteiger partial charge < -0.3 is 19.3 Å². The lowest BCUT2D eigenvalue weighted by molar-refractivity contribution is 0.0937. The van der Waals surface area contributed by atoms with Crippen molar-refractivity contribution in [2.75, 3.05) is 25.6 Å². The Morgan fingerprint density at radius 2 is 1.89 bits per heavy atom. The first-order chi connectivity index (χ1) is 13.2. The molecule has 0 fully saturated rings. The lowest BCUT2D eigenvalue weighted by Crippen LogP contribution is -2.38. The number of aliphatic hydroxyl groups excluding tert-OH is 1. The van der Waals surface area contributed by atoms with Gasteiger partial charge in [-0.1, -0.05) is 23.7 Å². The highest BCUT2D eigenvalue weighted by atomic mass is 35.5. The molecule has 0 spiro atoms. The number of aromatic nitrogens is 4. The summed E-state index contributed by atoms with van der Waals surface area (Å²) in [6.07, 6.45) is -0.936. The second kappa shape index (κ2) is 7.69. The second-order valence-electron chi connectivity index (χ2n) is 6.69. The van der Waals surface area contributed by atoms with E-state index in [0.29, 0.717) is 16.7 Å². The summed E-state index contributed by atoms with van der Waals surface area (Å²) >= 11 is 6.06. The number of fused-ring (bicyclic) bond motifs is 1. The van der Waals surface area contributed by atoms with Gasteiger partial charge in [-0.05, 0) is 12.1 Å². The van der Waals surface area contributed by atoms with E-state index in [9.17, 15) is 14.7 Å². The number of halogens is 1. The third kappa shape index (κ3) is 3.50. The molecule has 0 aliphatic carbocycles. The zero-order valence-electron chi connectivity index (χ0n) is 16.1. The van der Waals surface area contributed by atoms with Crippen LogP contribution in [0.4, 0.5) is 5.95 Å². The fraction of sp³-hybridized carbons (Fsp3) is 0.389. The highest BCUT2D eigenvalue weighted by Gasteiger charge is 2.22. The molecule has 3 aromatic rings. The molecule has 0 aliphatic rings. The summed E-state index contributed by atoms with van der Waals surface area (Å²) in [6, 6.07) is 6.97.